The predicted molar refractivity (Wildman–Crippen MR) is 112 cm³/mol. The fraction of sp³-hybridized carbons (Fsp3) is 0.316. The lowest BCUT2D eigenvalue weighted by Gasteiger charge is -2.13. The molecule has 9 heteroatoms. The normalized spacial score (nSPS) is 11.9. The largest absolute Gasteiger partial charge is 0.493 e. The fourth-order valence-corrected chi connectivity index (χ4v) is 4.08. The molecule has 0 spiro atoms. The first-order valence-electron chi connectivity index (χ1n) is 8.62. The van der Waals surface area contributed by atoms with E-state index < -0.39 is 0 Å². The molecule has 0 saturated carbocycles. The number of methoxy groups -OCH3 is 2. The highest BCUT2D eigenvalue weighted by Crippen LogP contribution is 2.30. The van der Waals surface area contributed by atoms with E-state index in [4.69, 9.17) is 9.47 Å². The summed E-state index contributed by atoms with van der Waals surface area (Å²) < 4.78 is 12.4. The highest BCUT2D eigenvalue weighted by Gasteiger charge is 2.19. The third-order valence-electron chi connectivity index (χ3n) is 4.14. The Labute approximate surface area is 172 Å². The summed E-state index contributed by atoms with van der Waals surface area (Å²) in [7, 11) is 5.05. The maximum absolute atomic E-state index is 12.6. The van der Waals surface area contributed by atoms with E-state index in [1.807, 2.05) is 30.0 Å². The fourth-order valence-electron chi connectivity index (χ4n) is 2.54. The van der Waals surface area contributed by atoms with Gasteiger partial charge < -0.3 is 19.4 Å². The minimum Gasteiger partial charge on any atom is -0.493 e. The minimum absolute atomic E-state index is 0.125. The Morgan fingerprint density at radius 3 is 2.71 bits per heavy atom. The highest BCUT2D eigenvalue weighted by molar-refractivity contribution is 8.00. The van der Waals surface area contributed by atoms with Gasteiger partial charge in [-0.3, -0.25) is 4.79 Å². The number of nitrogens with zero attached hydrogens (tertiary/aromatic N) is 3. The molecular formula is C19H22N4O3S2. The summed E-state index contributed by atoms with van der Waals surface area (Å²) in [6, 6.07) is 9.36. The molecule has 0 fully saturated rings. The molecule has 3 rings (SSSR count). The summed E-state index contributed by atoms with van der Waals surface area (Å²) in [5, 5.41) is 13.8. The van der Waals surface area contributed by atoms with Crippen LogP contribution in [0.1, 0.15) is 17.6 Å². The van der Waals surface area contributed by atoms with Crippen molar-refractivity contribution in [1.82, 2.24) is 14.8 Å². The van der Waals surface area contributed by atoms with E-state index in [9.17, 15) is 4.79 Å². The van der Waals surface area contributed by atoms with E-state index in [1.54, 1.807) is 43.8 Å². The van der Waals surface area contributed by atoms with Gasteiger partial charge in [0.15, 0.2) is 16.7 Å². The third-order valence-corrected chi connectivity index (χ3v) is 6.15. The summed E-state index contributed by atoms with van der Waals surface area (Å²) in [6.07, 6.45) is 0.730. The quantitative estimate of drug-likeness (QED) is 0.563. The summed E-state index contributed by atoms with van der Waals surface area (Å²) in [6.45, 7) is 1.84. The number of thioether (sulfide) groups is 1. The number of ether oxygens (including phenoxy) is 2. The van der Waals surface area contributed by atoms with Crippen LogP contribution in [0.15, 0.2) is 40.9 Å². The van der Waals surface area contributed by atoms with Gasteiger partial charge >= 0.3 is 0 Å². The van der Waals surface area contributed by atoms with Crippen LogP contribution < -0.4 is 14.8 Å². The van der Waals surface area contributed by atoms with E-state index in [-0.39, 0.29) is 11.2 Å². The number of rotatable bonds is 8. The second-order valence-electron chi connectivity index (χ2n) is 6.03. The molecule has 0 aliphatic heterocycles. The van der Waals surface area contributed by atoms with Crippen LogP contribution in [0.3, 0.4) is 0 Å². The molecule has 7 nitrogen and oxygen atoms in total. The number of nitrogens with one attached hydrogen (secondary N) is 1. The molecule has 3 aromatic rings. The average Bonchev–Trinajstić information content (AvgIpc) is 3.33. The van der Waals surface area contributed by atoms with E-state index in [0.717, 1.165) is 12.2 Å². The zero-order valence-corrected chi connectivity index (χ0v) is 17.8. The van der Waals surface area contributed by atoms with Gasteiger partial charge in [0.2, 0.25) is 5.91 Å². The second kappa shape index (κ2) is 9.11. The van der Waals surface area contributed by atoms with Gasteiger partial charge in [-0.2, -0.15) is 0 Å². The molecule has 1 amide bonds. The molecule has 148 valence electrons. The van der Waals surface area contributed by atoms with Crippen molar-refractivity contribution in [3.63, 3.8) is 0 Å². The molecule has 0 radical (unpaired) electrons. The zero-order chi connectivity index (χ0) is 20.1. The van der Waals surface area contributed by atoms with Crippen molar-refractivity contribution in [3.8, 4) is 11.5 Å². The van der Waals surface area contributed by atoms with Crippen LogP contribution in [0.25, 0.3) is 0 Å². The molecular weight excluding hydrogens is 396 g/mol. The van der Waals surface area contributed by atoms with Crippen molar-refractivity contribution in [2.24, 2.45) is 7.05 Å². The molecule has 0 aliphatic carbocycles. The lowest BCUT2D eigenvalue weighted by Crippen LogP contribution is -2.22. The molecule has 0 unspecified atom stereocenters. The predicted octanol–water partition coefficient (Wildman–Crippen LogP) is 3.60. The van der Waals surface area contributed by atoms with Crippen molar-refractivity contribution < 1.29 is 14.3 Å². The Bertz CT molecular complexity index is 941. The van der Waals surface area contributed by atoms with Crippen molar-refractivity contribution >= 4 is 34.7 Å². The maximum atomic E-state index is 12.6. The number of thiophene rings is 1. The van der Waals surface area contributed by atoms with Crippen LogP contribution in [-0.4, -0.2) is 40.1 Å². The molecule has 0 saturated heterocycles. The SMILES string of the molecule is COc1ccc(NC(=O)[C@H](C)Sc2nnc(Cc3cccs3)n2C)cc1OC. The number of carbonyl (C=O) groups excluding carboxylic acids is 1. The number of anilines is 1. The Morgan fingerprint density at radius 1 is 1.25 bits per heavy atom. The van der Waals surface area contributed by atoms with E-state index in [2.05, 4.69) is 21.6 Å². The van der Waals surface area contributed by atoms with Gasteiger partial charge in [0.1, 0.15) is 5.82 Å². The lowest BCUT2D eigenvalue weighted by atomic mass is 10.2. The monoisotopic (exact) mass is 418 g/mol. The van der Waals surface area contributed by atoms with Crippen molar-refractivity contribution in [3.05, 3.63) is 46.4 Å². The van der Waals surface area contributed by atoms with Gasteiger partial charge in [-0.15, -0.1) is 21.5 Å². The first-order chi connectivity index (χ1) is 13.5. The van der Waals surface area contributed by atoms with E-state index in [1.165, 1.54) is 16.6 Å². The van der Waals surface area contributed by atoms with Crippen molar-refractivity contribution in [2.45, 2.75) is 23.8 Å². The highest BCUT2D eigenvalue weighted by atomic mass is 32.2. The third kappa shape index (κ3) is 4.66. The van der Waals surface area contributed by atoms with Crippen LogP contribution in [0.4, 0.5) is 5.69 Å². The van der Waals surface area contributed by atoms with Crippen molar-refractivity contribution in [1.29, 1.82) is 0 Å². The number of hydrogen-bond acceptors (Lipinski definition) is 7. The number of carbonyl (C=O) groups is 1. The Hall–Kier alpha value is -2.52. The van der Waals surface area contributed by atoms with Gasteiger partial charge in [-0.1, -0.05) is 17.8 Å². The number of aromatic nitrogens is 3. The average molecular weight is 419 g/mol. The summed E-state index contributed by atoms with van der Waals surface area (Å²) >= 11 is 3.06. The summed E-state index contributed by atoms with van der Waals surface area (Å²) in [4.78, 5) is 13.8. The Morgan fingerprint density at radius 2 is 2.04 bits per heavy atom. The Kier molecular flexibility index (Phi) is 6.58. The zero-order valence-electron chi connectivity index (χ0n) is 16.1. The molecule has 28 heavy (non-hydrogen) atoms. The maximum Gasteiger partial charge on any atom is 0.237 e. The van der Waals surface area contributed by atoms with E-state index >= 15 is 0 Å². The molecule has 2 heterocycles. The molecule has 0 bridgehead atoms. The van der Waals surface area contributed by atoms with E-state index in [0.29, 0.717) is 22.3 Å². The van der Waals surface area contributed by atoms with Crippen LogP contribution in [0.5, 0.6) is 11.5 Å². The van der Waals surface area contributed by atoms with Crippen LogP contribution in [0.2, 0.25) is 0 Å². The minimum atomic E-state index is -0.342. The molecule has 1 atom stereocenters. The van der Waals surface area contributed by atoms with Gasteiger partial charge in [0, 0.05) is 30.1 Å². The smallest absolute Gasteiger partial charge is 0.237 e. The molecule has 1 aromatic carbocycles. The van der Waals surface area contributed by atoms with Crippen LogP contribution in [0, 0.1) is 0 Å². The molecule has 0 aliphatic rings. The first kappa shape index (κ1) is 20.2. The van der Waals surface area contributed by atoms with Crippen LogP contribution in [-0.2, 0) is 18.3 Å². The first-order valence-corrected chi connectivity index (χ1v) is 10.4. The number of hydrogen-bond donors (Lipinski definition) is 1. The summed E-state index contributed by atoms with van der Waals surface area (Å²) in [5.41, 5.74) is 0.645. The second-order valence-corrected chi connectivity index (χ2v) is 8.37. The lowest BCUT2D eigenvalue weighted by molar-refractivity contribution is -0.115. The summed E-state index contributed by atoms with van der Waals surface area (Å²) in [5.74, 6) is 1.92. The number of benzene rings is 1. The van der Waals surface area contributed by atoms with Crippen molar-refractivity contribution in [2.75, 3.05) is 19.5 Å². The van der Waals surface area contributed by atoms with Gasteiger partial charge in [0.05, 0.1) is 19.5 Å². The molecule has 1 N–H and O–H groups in total. The standard InChI is InChI=1S/C19H22N4O3S2/c1-12(18(24)20-13-7-8-15(25-3)16(10-13)26-4)28-19-22-21-17(23(19)2)11-14-6-5-9-27-14/h5-10,12H,11H2,1-4H3,(H,20,24)/t12-/m0/s1. The van der Waals surface area contributed by atoms with Crippen LogP contribution >= 0.6 is 23.1 Å². The topological polar surface area (TPSA) is 78.3 Å². The molecule has 2 aromatic heterocycles. The number of amides is 1. The van der Waals surface area contributed by atoms with Gasteiger partial charge in [-0.25, -0.2) is 0 Å². The van der Waals surface area contributed by atoms with Gasteiger partial charge in [0.25, 0.3) is 0 Å². The van der Waals surface area contributed by atoms with Gasteiger partial charge in [-0.05, 0) is 30.5 Å². The Balaban J connectivity index is 1.64.